The standard InChI is InChI=1S/C21H22N4O/c26-20-14-18(23-21(24-20)17-10-4-6-12-22-17)19-11-5-7-13-25(19)15-16-8-2-1-3-9-16/h1-4,6,8-10,12,14,19H,5,7,11,13,15H2,(H,23,24,26). The Labute approximate surface area is 152 Å². The second kappa shape index (κ2) is 7.62. The van der Waals surface area contributed by atoms with Gasteiger partial charge >= 0.3 is 0 Å². The summed E-state index contributed by atoms with van der Waals surface area (Å²) in [6.07, 6.45) is 5.07. The zero-order valence-corrected chi connectivity index (χ0v) is 14.6. The number of rotatable bonds is 4. The molecule has 5 nitrogen and oxygen atoms in total. The quantitative estimate of drug-likeness (QED) is 0.785. The fourth-order valence-electron chi connectivity index (χ4n) is 3.60. The number of H-pyrrole nitrogens is 1. The SMILES string of the molecule is O=c1cc(C2CCCCN2Cc2ccccc2)nc(-c2ccccn2)[nH]1. The number of pyridine rings is 1. The molecule has 1 aromatic carbocycles. The lowest BCUT2D eigenvalue weighted by molar-refractivity contribution is 0.137. The summed E-state index contributed by atoms with van der Waals surface area (Å²) in [4.78, 5) is 26.6. The Balaban J connectivity index is 1.66. The number of hydrogen-bond donors (Lipinski definition) is 1. The van der Waals surface area contributed by atoms with E-state index in [1.54, 1.807) is 12.3 Å². The van der Waals surface area contributed by atoms with Crippen molar-refractivity contribution in [3.05, 3.63) is 82.4 Å². The van der Waals surface area contributed by atoms with E-state index in [2.05, 4.69) is 39.1 Å². The van der Waals surface area contributed by atoms with Gasteiger partial charge in [0, 0.05) is 18.8 Å². The van der Waals surface area contributed by atoms with Crippen LogP contribution in [0, 0.1) is 0 Å². The predicted molar refractivity (Wildman–Crippen MR) is 102 cm³/mol. The van der Waals surface area contributed by atoms with Crippen LogP contribution >= 0.6 is 0 Å². The van der Waals surface area contributed by atoms with Gasteiger partial charge in [0.2, 0.25) is 0 Å². The van der Waals surface area contributed by atoms with Crippen LogP contribution in [0.15, 0.2) is 65.6 Å². The van der Waals surface area contributed by atoms with Crippen molar-refractivity contribution >= 4 is 0 Å². The lowest BCUT2D eigenvalue weighted by atomic mass is 9.98. The van der Waals surface area contributed by atoms with Gasteiger partial charge in [0.05, 0.1) is 11.7 Å². The molecular formula is C21H22N4O. The van der Waals surface area contributed by atoms with Crippen LogP contribution in [0.4, 0.5) is 0 Å². The van der Waals surface area contributed by atoms with Crippen molar-refractivity contribution in [3.8, 4) is 11.5 Å². The second-order valence-electron chi connectivity index (χ2n) is 6.70. The van der Waals surface area contributed by atoms with Crippen LogP contribution in [-0.2, 0) is 6.54 Å². The predicted octanol–water partition coefficient (Wildman–Crippen LogP) is 3.56. The van der Waals surface area contributed by atoms with Gasteiger partial charge in [0.1, 0.15) is 5.69 Å². The van der Waals surface area contributed by atoms with Gasteiger partial charge < -0.3 is 4.98 Å². The molecule has 0 spiro atoms. The van der Waals surface area contributed by atoms with Crippen LogP contribution in [0.2, 0.25) is 0 Å². The van der Waals surface area contributed by atoms with E-state index >= 15 is 0 Å². The number of aromatic nitrogens is 3. The van der Waals surface area contributed by atoms with Crippen molar-refractivity contribution < 1.29 is 0 Å². The van der Waals surface area contributed by atoms with Gasteiger partial charge in [-0.15, -0.1) is 0 Å². The van der Waals surface area contributed by atoms with E-state index in [0.717, 1.165) is 31.6 Å². The van der Waals surface area contributed by atoms with Gasteiger partial charge in [0.15, 0.2) is 5.82 Å². The van der Waals surface area contributed by atoms with Crippen LogP contribution in [0.3, 0.4) is 0 Å². The molecule has 0 aliphatic carbocycles. The minimum absolute atomic E-state index is 0.124. The Morgan fingerprint density at radius 3 is 2.73 bits per heavy atom. The molecule has 1 atom stereocenters. The molecule has 2 aromatic heterocycles. The van der Waals surface area contributed by atoms with Crippen molar-refractivity contribution in [2.75, 3.05) is 6.54 Å². The third-order valence-corrected chi connectivity index (χ3v) is 4.85. The Hall–Kier alpha value is -2.79. The smallest absolute Gasteiger partial charge is 0.251 e. The van der Waals surface area contributed by atoms with E-state index in [0.29, 0.717) is 11.5 Å². The van der Waals surface area contributed by atoms with E-state index in [4.69, 9.17) is 4.98 Å². The highest BCUT2D eigenvalue weighted by Gasteiger charge is 2.26. The molecule has 0 bridgehead atoms. The molecule has 0 saturated carbocycles. The molecule has 26 heavy (non-hydrogen) atoms. The Bertz CT molecular complexity index is 908. The van der Waals surface area contributed by atoms with Gasteiger partial charge in [-0.3, -0.25) is 14.7 Å². The zero-order chi connectivity index (χ0) is 17.8. The summed E-state index contributed by atoms with van der Waals surface area (Å²) >= 11 is 0. The molecule has 1 saturated heterocycles. The Morgan fingerprint density at radius 2 is 1.92 bits per heavy atom. The molecule has 1 N–H and O–H groups in total. The summed E-state index contributed by atoms with van der Waals surface area (Å²) in [5, 5.41) is 0. The third kappa shape index (κ3) is 3.73. The largest absolute Gasteiger partial charge is 0.305 e. The number of nitrogens with zero attached hydrogens (tertiary/aromatic N) is 3. The first-order valence-corrected chi connectivity index (χ1v) is 9.10. The number of aromatic amines is 1. The van der Waals surface area contributed by atoms with Gasteiger partial charge in [-0.05, 0) is 37.1 Å². The number of hydrogen-bond acceptors (Lipinski definition) is 4. The first-order valence-electron chi connectivity index (χ1n) is 9.10. The third-order valence-electron chi connectivity index (χ3n) is 4.85. The number of likely N-dealkylation sites (tertiary alicyclic amines) is 1. The number of benzene rings is 1. The van der Waals surface area contributed by atoms with E-state index in [-0.39, 0.29) is 11.6 Å². The first kappa shape index (κ1) is 16.7. The molecule has 132 valence electrons. The fourth-order valence-corrected chi connectivity index (χ4v) is 3.60. The van der Waals surface area contributed by atoms with E-state index < -0.39 is 0 Å². The molecule has 3 aromatic rings. The molecule has 5 heteroatoms. The molecule has 3 heterocycles. The summed E-state index contributed by atoms with van der Waals surface area (Å²) in [7, 11) is 0. The van der Waals surface area contributed by atoms with Crippen molar-refractivity contribution in [2.45, 2.75) is 31.8 Å². The maximum Gasteiger partial charge on any atom is 0.251 e. The lowest BCUT2D eigenvalue weighted by Gasteiger charge is -2.35. The first-order chi connectivity index (χ1) is 12.8. The van der Waals surface area contributed by atoms with Crippen LogP contribution in [0.25, 0.3) is 11.5 Å². The summed E-state index contributed by atoms with van der Waals surface area (Å²) in [5.74, 6) is 0.540. The molecule has 1 aliphatic rings. The summed E-state index contributed by atoms with van der Waals surface area (Å²) in [6, 6.07) is 17.9. The molecule has 4 rings (SSSR count). The molecule has 1 fully saturated rings. The van der Waals surface area contributed by atoms with Crippen LogP contribution in [-0.4, -0.2) is 26.4 Å². The average molecular weight is 346 g/mol. The minimum Gasteiger partial charge on any atom is -0.305 e. The monoisotopic (exact) mass is 346 g/mol. The summed E-state index contributed by atoms with van der Waals surface area (Å²) in [5.41, 5.74) is 2.69. The fraction of sp³-hybridized carbons (Fsp3) is 0.286. The zero-order valence-electron chi connectivity index (χ0n) is 14.6. The van der Waals surface area contributed by atoms with Crippen LogP contribution < -0.4 is 5.56 Å². The number of piperidine rings is 1. The highest BCUT2D eigenvalue weighted by molar-refractivity contribution is 5.48. The van der Waals surface area contributed by atoms with Crippen molar-refractivity contribution in [1.29, 1.82) is 0 Å². The minimum atomic E-state index is -0.124. The van der Waals surface area contributed by atoms with Gasteiger partial charge in [-0.1, -0.05) is 42.8 Å². The molecule has 1 unspecified atom stereocenters. The normalized spacial score (nSPS) is 17.9. The maximum atomic E-state index is 12.3. The molecule has 1 aliphatic heterocycles. The van der Waals surface area contributed by atoms with E-state index in [1.165, 1.54) is 12.0 Å². The summed E-state index contributed by atoms with van der Waals surface area (Å²) in [6.45, 7) is 1.89. The van der Waals surface area contributed by atoms with E-state index in [1.807, 2.05) is 24.3 Å². The van der Waals surface area contributed by atoms with Gasteiger partial charge in [-0.2, -0.15) is 0 Å². The van der Waals surface area contributed by atoms with Crippen LogP contribution in [0.5, 0.6) is 0 Å². The second-order valence-corrected chi connectivity index (χ2v) is 6.70. The molecule has 0 amide bonds. The van der Waals surface area contributed by atoms with Crippen molar-refractivity contribution in [2.24, 2.45) is 0 Å². The lowest BCUT2D eigenvalue weighted by Crippen LogP contribution is -2.34. The van der Waals surface area contributed by atoms with Gasteiger partial charge in [-0.25, -0.2) is 4.98 Å². The maximum absolute atomic E-state index is 12.3. The molecular weight excluding hydrogens is 324 g/mol. The van der Waals surface area contributed by atoms with Crippen molar-refractivity contribution in [1.82, 2.24) is 19.9 Å². The number of nitrogens with one attached hydrogen (secondary N) is 1. The Kier molecular flexibility index (Phi) is 4.88. The van der Waals surface area contributed by atoms with Crippen molar-refractivity contribution in [3.63, 3.8) is 0 Å². The Morgan fingerprint density at radius 1 is 1.08 bits per heavy atom. The molecule has 0 radical (unpaired) electrons. The summed E-state index contributed by atoms with van der Waals surface area (Å²) < 4.78 is 0. The van der Waals surface area contributed by atoms with Gasteiger partial charge in [0.25, 0.3) is 5.56 Å². The highest BCUT2D eigenvalue weighted by Crippen LogP contribution is 2.31. The average Bonchev–Trinajstić information content (AvgIpc) is 2.69. The topological polar surface area (TPSA) is 61.9 Å². The van der Waals surface area contributed by atoms with Crippen LogP contribution in [0.1, 0.15) is 36.6 Å². The van der Waals surface area contributed by atoms with E-state index in [9.17, 15) is 4.79 Å². The highest BCUT2D eigenvalue weighted by atomic mass is 16.1.